The van der Waals surface area contributed by atoms with Gasteiger partial charge in [0, 0.05) is 17.8 Å². The maximum atomic E-state index is 14.8. The average molecular weight is 319 g/mol. The normalized spacial score (nSPS) is 11.9. The summed E-state index contributed by atoms with van der Waals surface area (Å²) in [5, 5.41) is 3.28. The number of hydrogen-bond donors (Lipinski definition) is 1. The fraction of sp³-hybridized carbons (Fsp3) is 0.190. The second-order valence-corrected chi connectivity index (χ2v) is 5.88. The van der Waals surface area contributed by atoms with Crippen molar-refractivity contribution in [2.45, 2.75) is 25.8 Å². The lowest BCUT2D eigenvalue weighted by Crippen LogP contribution is -2.17. The Bertz CT molecular complexity index is 772. The zero-order chi connectivity index (χ0) is 16.8. The summed E-state index contributed by atoms with van der Waals surface area (Å²) in [5.41, 5.74) is 2.89. The lowest BCUT2D eigenvalue weighted by molar-refractivity contribution is 0.624. The summed E-state index contributed by atoms with van der Waals surface area (Å²) in [6, 6.07) is 22.2. The van der Waals surface area contributed by atoms with Crippen LogP contribution >= 0.6 is 0 Å². The van der Waals surface area contributed by atoms with E-state index in [0.29, 0.717) is 16.9 Å². The Kier molecular flexibility index (Phi) is 5.22. The van der Waals surface area contributed by atoms with Crippen molar-refractivity contribution in [1.29, 1.82) is 0 Å². The van der Waals surface area contributed by atoms with Gasteiger partial charge in [0.2, 0.25) is 0 Å². The molecule has 1 heterocycles. The van der Waals surface area contributed by atoms with Gasteiger partial charge in [-0.1, -0.05) is 36.4 Å². The largest absolute Gasteiger partial charge is 0.380 e. The maximum absolute atomic E-state index is 14.8. The summed E-state index contributed by atoms with van der Waals surface area (Å²) < 4.78 is 14.8. The molecule has 1 radical (unpaired) electrons. The number of pyridine rings is 1. The molecule has 0 aliphatic carbocycles. The van der Waals surface area contributed by atoms with Crippen LogP contribution in [0.25, 0.3) is 11.3 Å². The Labute approximate surface area is 142 Å². The molecule has 1 atom stereocenters. The second kappa shape index (κ2) is 7.73. The predicted octanol–water partition coefficient (Wildman–Crippen LogP) is 5.12. The van der Waals surface area contributed by atoms with E-state index in [1.165, 1.54) is 5.56 Å². The van der Waals surface area contributed by atoms with E-state index in [0.717, 1.165) is 12.8 Å². The highest BCUT2D eigenvalue weighted by Crippen LogP contribution is 2.26. The number of halogens is 1. The number of nitrogens with zero attached hydrogens (tertiary/aromatic N) is 1. The van der Waals surface area contributed by atoms with Gasteiger partial charge < -0.3 is 5.32 Å². The minimum atomic E-state index is -0.267. The molecule has 121 valence electrons. The summed E-state index contributed by atoms with van der Waals surface area (Å²) in [4.78, 5) is 4.21. The Hall–Kier alpha value is -2.68. The third-order valence-electron chi connectivity index (χ3n) is 3.99. The van der Waals surface area contributed by atoms with Crippen LogP contribution in [-0.2, 0) is 6.42 Å². The van der Waals surface area contributed by atoms with E-state index in [1.807, 2.05) is 24.3 Å². The lowest BCUT2D eigenvalue weighted by atomic mass is 10.1. The second-order valence-electron chi connectivity index (χ2n) is 5.88. The number of anilines is 1. The van der Waals surface area contributed by atoms with Crippen LogP contribution in [0.5, 0.6) is 0 Å². The highest BCUT2D eigenvalue weighted by Gasteiger charge is 2.12. The first-order valence-electron chi connectivity index (χ1n) is 8.15. The van der Waals surface area contributed by atoms with Crippen LogP contribution in [0.15, 0.2) is 66.9 Å². The van der Waals surface area contributed by atoms with Crippen molar-refractivity contribution in [2.75, 3.05) is 5.32 Å². The van der Waals surface area contributed by atoms with E-state index in [4.69, 9.17) is 0 Å². The van der Waals surface area contributed by atoms with Crippen LogP contribution in [0, 0.1) is 11.9 Å². The minimum Gasteiger partial charge on any atom is -0.380 e. The van der Waals surface area contributed by atoms with Gasteiger partial charge in [0.25, 0.3) is 0 Å². The molecule has 0 bridgehead atoms. The molecule has 24 heavy (non-hydrogen) atoms. The van der Waals surface area contributed by atoms with Gasteiger partial charge in [-0.3, -0.25) is 4.98 Å². The van der Waals surface area contributed by atoms with Crippen molar-refractivity contribution in [2.24, 2.45) is 0 Å². The van der Waals surface area contributed by atoms with Gasteiger partial charge in [-0.25, -0.2) is 4.39 Å². The van der Waals surface area contributed by atoms with Crippen LogP contribution in [0.2, 0.25) is 0 Å². The molecule has 3 aromatic rings. The fourth-order valence-corrected chi connectivity index (χ4v) is 2.68. The first-order valence-corrected chi connectivity index (χ1v) is 8.15. The zero-order valence-corrected chi connectivity index (χ0v) is 13.7. The molecule has 2 aromatic carbocycles. The number of hydrogen-bond acceptors (Lipinski definition) is 2. The summed E-state index contributed by atoms with van der Waals surface area (Å²) >= 11 is 0. The number of benzene rings is 2. The van der Waals surface area contributed by atoms with Gasteiger partial charge in [-0.15, -0.1) is 0 Å². The van der Waals surface area contributed by atoms with E-state index >= 15 is 0 Å². The molecular formula is C21H20FN2. The number of aromatic nitrogens is 1. The van der Waals surface area contributed by atoms with E-state index in [9.17, 15) is 4.39 Å². The first-order chi connectivity index (χ1) is 11.7. The monoisotopic (exact) mass is 319 g/mol. The Morgan fingerprint density at radius 3 is 2.71 bits per heavy atom. The molecular weight excluding hydrogens is 299 g/mol. The molecule has 0 fully saturated rings. The number of nitrogens with one attached hydrogen (secondary N) is 1. The minimum absolute atomic E-state index is 0.172. The fourth-order valence-electron chi connectivity index (χ4n) is 2.68. The van der Waals surface area contributed by atoms with Crippen molar-refractivity contribution >= 4 is 5.69 Å². The number of aryl methyl sites for hydroxylation is 1. The van der Waals surface area contributed by atoms with Crippen molar-refractivity contribution in [3.8, 4) is 11.3 Å². The molecule has 0 aliphatic heterocycles. The summed E-state index contributed by atoms with van der Waals surface area (Å²) in [6.07, 6.45) is 3.52. The molecule has 0 aliphatic rings. The van der Waals surface area contributed by atoms with Crippen molar-refractivity contribution in [3.05, 3.63) is 84.3 Å². The van der Waals surface area contributed by atoms with Crippen LogP contribution in [0.1, 0.15) is 18.9 Å². The van der Waals surface area contributed by atoms with Crippen molar-refractivity contribution in [3.63, 3.8) is 0 Å². The van der Waals surface area contributed by atoms with Crippen molar-refractivity contribution in [1.82, 2.24) is 4.98 Å². The molecule has 0 spiro atoms. The van der Waals surface area contributed by atoms with Gasteiger partial charge in [0.1, 0.15) is 0 Å². The SMILES string of the molecule is CC(CCc1ccccc1)Nc1cccc(-c2c[c]ccn2)c1F. The van der Waals surface area contributed by atoms with E-state index < -0.39 is 0 Å². The Morgan fingerprint density at radius 2 is 1.96 bits per heavy atom. The predicted molar refractivity (Wildman–Crippen MR) is 96.3 cm³/mol. The summed E-state index contributed by atoms with van der Waals surface area (Å²) in [7, 11) is 0. The van der Waals surface area contributed by atoms with Crippen LogP contribution < -0.4 is 5.32 Å². The molecule has 1 aromatic heterocycles. The first kappa shape index (κ1) is 16.2. The van der Waals surface area contributed by atoms with Gasteiger partial charge in [0.15, 0.2) is 5.82 Å². The molecule has 1 unspecified atom stereocenters. The molecule has 2 nitrogen and oxygen atoms in total. The third kappa shape index (κ3) is 3.99. The third-order valence-corrected chi connectivity index (χ3v) is 3.99. The quantitative estimate of drug-likeness (QED) is 0.682. The molecule has 3 heteroatoms. The van der Waals surface area contributed by atoms with Crippen LogP contribution in [0.3, 0.4) is 0 Å². The average Bonchev–Trinajstić information content (AvgIpc) is 2.63. The van der Waals surface area contributed by atoms with Gasteiger partial charge in [0.05, 0.1) is 11.4 Å². The smallest absolute Gasteiger partial charge is 0.155 e. The molecule has 0 amide bonds. The molecule has 1 N–H and O–H groups in total. The van der Waals surface area contributed by atoms with Gasteiger partial charge in [-0.2, -0.15) is 0 Å². The zero-order valence-electron chi connectivity index (χ0n) is 13.7. The van der Waals surface area contributed by atoms with Crippen LogP contribution in [0.4, 0.5) is 10.1 Å². The van der Waals surface area contributed by atoms with E-state index in [-0.39, 0.29) is 11.9 Å². The molecule has 3 rings (SSSR count). The highest BCUT2D eigenvalue weighted by molar-refractivity contribution is 5.66. The van der Waals surface area contributed by atoms with Gasteiger partial charge >= 0.3 is 0 Å². The summed E-state index contributed by atoms with van der Waals surface area (Å²) in [6.45, 7) is 2.07. The Balaban J connectivity index is 1.69. The van der Waals surface area contributed by atoms with Crippen molar-refractivity contribution < 1.29 is 4.39 Å². The number of rotatable bonds is 6. The summed E-state index contributed by atoms with van der Waals surface area (Å²) in [5.74, 6) is -0.267. The lowest BCUT2D eigenvalue weighted by Gasteiger charge is -2.17. The van der Waals surface area contributed by atoms with E-state index in [1.54, 1.807) is 30.5 Å². The standard InChI is InChI=1S/C21H20FN2/c1-16(13-14-17-8-3-2-4-9-17)24-20-12-7-10-18(21(20)22)19-11-5-6-15-23-19/h2-4,6-12,15-16,24H,13-14H2,1H3. The maximum Gasteiger partial charge on any atom is 0.155 e. The topological polar surface area (TPSA) is 24.9 Å². The highest BCUT2D eigenvalue weighted by atomic mass is 19.1. The van der Waals surface area contributed by atoms with Gasteiger partial charge in [-0.05, 0) is 55.7 Å². The van der Waals surface area contributed by atoms with Crippen LogP contribution in [-0.4, -0.2) is 11.0 Å². The van der Waals surface area contributed by atoms with E-state index in [2.05, 4.69) is 35.4 Å². The molecule has 0 saturated heterocycles. The Morgan fingerprint density at radius 1 is 1.12 bits per heavy atom. The molecule has 0 saturated carbocycles.